The van der Waals surface area contributed by atoms with Crippen LogP contribution in [0.3, 0.4) is 0 Å². The number of anilines is 3. The number of nitrogens with zero attached hydrogens (tertiary/aromatic N) is 6. The van der Waals surface area contributed by atoms with E-state index in [1.54, 1.807) is 0 Å². The van der Waals surface area contributed by atoms with Crippen molar-refractivity contribution in [1.82, 2.24) is 25.3 Å². The fourth-order valence-electron chi connectivity index (χ4n) is 4.14. The molecule has 2 aromatic rings. The van der Waals surface area contributed by atoms with Gasteiger partial charge in [0, 0.05) is 39.4 Å². The maximum absolute atomic E-state index is 14.3. The molecule has 0 spiro atoms. The first-order valence-electron chi connectivity index (χ1n) is 14.0. The predicted octanol–water partition coefficient (Wildman–Crippen LogP) is 0.360. The van der Waals surface area contributed by atoms with Gasteiger partial charge in [0.2, 0.25) is 17.8 Å². The molecule has 2 aliphatic heterocycles. The van der Waals surface area contributed by atoms with Crippen molar-refractivity contribution < 1.29 is 46.4 Å². The van der Waals surface area contributed by atoms with E-state index < -0.39 is 24.3 Å². The van der Waals surface area contributed by atoms with Crippen molar-refractivity contribution in [1.29, 1.82) is 0 Å². The van der Waals surface area contributed by atoms with Gasteiger partial charge in [0.25, 0.3) is 5.91 Å². The normalized spacial score (nSPS) is 15.7. The number of amides is 2. The Balaban J connectivity index is 1.41. The van der Waals surface area contributed by atoms with Gasteiger partial charge >= 0.3 is 6.18 Å². The molecule has 0 aromatic carbocycles. The van der Waals surface area contributed by atoms with E-state index in [1.165, 1.54) is 7.05 Å². The molecule has 0 atom stereocenters. The second-order valence-electron chi connectivity index (χ2n) is 9.51. The summed E-state index contributed by atoms with van der Waals surface area (Å²) in [5, 5.41) is 4.74. The van der Waals surface area contributed by atoms with Crippen molar-refractivity contribution in [3.63, 3.8) is 0 Å². The molecule has 18 heteroatoms. The van der Waals surface area contributed by atoms with E-state index in [9.17, 15) is 22.8 Å². The molecule has 4 heterocycles. The number of rotatable bonds is 14. The molecule has 242 valence electrons. The van der Waals surface area contributed by atoms with Crippen LogP contribution >= 0.6 is 0 Å². The highest BCUT2D eigenvalue weighted by molar-refractivity contribution is 5.91. The number of ether oxygens (including phenoxy) is 5. The van der Waals surface area contributed by atoms with Crippen LogP contribution in [0.2, 0.25) is 0 Å². The van der Waals surface area contributed by atoms with Crippen molar-refractivity contribution >= 4 is 29.5 Å². The number of hydrogen-bond donors (Lipinski definition) is 2. The van der Waals surface area contributed by atoms with Gasteiger partial charge in [-0.1, -0.05) is 0 Å². The Kier molecular flexibility index (Phi) is 12.4. The molecule has 0 aliphatic carbocycles. The van der Waals surface area contributed by atoms with Gasteiger partial charge in [-0.05, 0) is 6.07 Å². The summed E-state index contributed by atoms with van der Waals surface area (Å²) in [6.07, 6.45) is -3.82. The van der Waals surface area contributed by atoms with Crippen molar-refractivity contribution in [3.8, 4) is 11.4 Å². The lowest BCUT2D eigenvalue weighted by atomic mass is 10.1. The van der Waals surface area contributed by atoms with Gasteiger partial charge in [-0.15, -0.1) is 0 Å². The predicted molar refractivity (Wildman–Crippen MR) is 149 cm³/mol. The van der Waals surface area contributed by atoms with Gasteiger partial charge in [0.05, 0.1) is 64.0 Å². The Hall–Kier alpha value is -3.71. The first-order chi connectivity index (χ1) is 21.2. The zero-order chi connectivity index (χ0) is 31.4. The molecular weight excluding hydrogens is 593 g/mol. The summed E-state index contributed by atoms with van der Waals surface area (Å²) in [5.41, 5.74) is -1.42. The molecule has 2 N–H and O–H groups in total. The van der Waals surface area contributed by atoms with Gasteiger partial charge < -0.3 is 44.1 Å². The molecule has 2 amide bonds. The van der Waals surface area contributed by atoms with Crippen LogP contribution < -0.4 is 20.4 Å². The van der Waals surface area contributed by atoms with Crippen LogP contribution in [-0.4, -0.2) is 131 Å². The highest BCUT2D eigenvalue weighted by Crippen LogP contribution is 2.37. The summed E-state index contributed by atoms with van der Waals surface area (Å²) < 4.78 is 69.2. The van der Waals surface area contributed by atoms with Gasteiger partial charge in [0.15, 0.2) is 5.82 Å². The number of nitrogens with one attached hydrogen (secondary N) is 2. The van der Waals surface area contributed by atoms with Crippen molar-refractivity contribution in [3.05, 3.63) is 17.8 Å². The minimum Gasteiger partial charge on any atom is -0.378 e. The highest BCUT2D eigenvalue weighted by atomic mass is 19.4. The number of alkyl halides is 3. The summed E-state index contributed by atoms with van der Waals surface area (Å²) in [5.74, 6) is -0.979. The SMILES string of the molecule is CNC(=O)COCCOCCOCC(=O)Nc1cc(C(F)(F)F)c(-c2nc(N3CCOCC3)nc(N3CCOCC3)n2)cn1. The fourth-order valence-corrected chi connectivity index (χ4v) is 4.14. The maximum Gasteiger partial charge on any atom is 0.417 e. The molecule has 2 fully saturated rings. The number of carbonyl (C=O) groups is 2. The minimum absolute atomic E-state index is 0.0549. The van der Waals surface area contributed by atoms with E-state index in [0.717, 1.165) is 12.3 Å². The van der Waals surface area contributed by atoms with Crippen LogP contribution in [-0.2, 0) is 39.4 Å². The third-order valence-electron chi connectivity index (χ3n) is 6.41. The van der Waals surface area contributed by atoms with E-state index in [2.05, 4.69) is 30.6 Å². The number of aromatic nitrogens is 4. The van der Waals surface area contributed by atoms with Crippen LogP contribution in [0.15, 0.2) is 12.3 Å². The van der Waals surface area contributed by atoms with E-state index in [4.69, 9.17) is 23.7 Å². The number of carbonyl (C=O) groups excluding carboxylic acids is 2. The van der Waals surface area contributed by atoms with Crippen molar-refractivity contribution in [2.75, 3.05) is 114 Å². The second kappa shape index (κ2) is 16.4. The third-order valence-corrected chi connectivity index (χ3v) is 6.41. The number of pyridine rings is 1. The molecule has 0 radical (unpaired) electrons. The third kappa shape index (κ3) is 9.91. The monoisotopic (exact) mass is 628 g/mol. The van der Waals surface area contributed by atoms with E-state index in [-0.39, 0.29) is 68.0 Å². The Bertz CT molecular complexity index is 1210. The van der Waals surface area contributed by atoms with Crippen molar-refractivity contribution in [2.24, 2.45) is 0 Å². The Morgan fingerprint density at radius 1 is 0.841 bits per heavy atom. The average molecular weight is 629 g/mol. The van der Waals surface area contributed by atoms with Crippen molar-refractivity contribution in [2.45, 2.75) is 6.18 Å². The summed E-state index contributed by atoms with van der Waals surface area (Å²) >= 11 is 0. The summed E-state index contributed by atoms with van der Waals surface area (Å²) in [7, 11) is 1.50. The molecule has 0 unspecified atom stereocenters. The smallest absolute Gasteiger partial charge is 0.378 e. The molecule has 44 heavy (non-hydrogen) atoms. The topological polar surface area (TPSA) is 162 Å². The minimum atomic E-state index is -4.81. The van der Waals surface area contributed by atoms with Crippen LogP contribution in [0, 0.1) is 0 Å². The largest absolute Gasteiger partial charge is 0.417 e. The van der Waals surface area contributed by atoms with E-state index in [0.29, 0.717) is 52.6 Å². The standard InChI is InChI=1S/C26H35F3N8O7/c1-30-21(38)16-43-12-10-42-11-13-44-17-22(39)32-20-14-19(26(27,28)29)18(15-31-20)23-33-24(36-2-6-40-7-3-36)35-25(34-23)37-4-8-41-9-5-37/h14-15H,2-13,16-17H2,1H3,(H,30,38)(H,31,32,39). The van der Waals surface area contributed by atoms with Crippen LogP contribution in [0.25, 0.3) is 11.4 Å². The maximum atomic E-state index is 14.3. The molecule has 15 nitrogen and oxygen atoms in total. The molecular formula is C26H35F3N8O7. The summed E-state index contributed by atoms with van der Waals surface area (Å²) in [6, 6.07) is 0.738. The van der Waals surface area contributed by atoms with E-state index >= 15 is 0 Å². The summed E-state index contributed by atoms with van der Waals surface area (Å²) in [6.45, 7) is 3.74. The lowest BCUT2D eigenvalue weighted by molar-refractivity contribution is -0.137. The zero-order valence-electron chi connectivity index (χ0n) is 24.2. The van der Waals surface area contributed by atoms with Gasteiger partial charge in [-0.2, -0.15) is 28.1 Å². The molecule has 2 aromatic heterocycles. The lowest BCUT2D eigenvalue weighted by Crippen LogP contribution is -2.40. The van der Waals surface area contributed by atoms with Gasteiger partial charge in [0.1, 0.15) is 19.0 Å². The molecule has 0 bridgehead atoms. The number of morpholine rings is 2. The van der Waals surface area contributed by atoms with Gasteiger partial charge in [-0.3, -0.25) is 9.59 Å². The lowest BCUT2D eigenvalue weighted by Gasteiger charge is -2.30. The molecule has 2 aliphatic rings. The molecule has 0 saturated carbocycles. The molecule has 4 rings (SSSR count). The van der Waals surface area contributed by atoms with Crippen LogP contribution in [0.5, 0.6) is 0 Å². The molecule has 2 saturated heterocycles. The quantitative estimate of drug-likeness (QED) is 0.276. The Morgan fingerprint density at radius 2 is 1.36 bits per heavy atom. The van der Waals surface area contributed by atoms with Gasteiger partial charge in [-0.25, -0.2) is 4.98 Å². The average Bonchev–Trinajstić information content (AvgIpc) is 3.04. The first-order valence-corrected chi connectivity index (χ1v) is 14.0. The fraction of sp³-hybridized carbons (Fsp3) is 0.615. The van der Waals surface area contributed by atoms with Crippen LogP contribution in [0.4, 0.5) is 30.9 Å². The zero-order valence-corrected chi connectivity index (χ0v) is 24.2. The Labute approximate surface area is 251 Å². The number of hydrogen-bond acceptors (Lipinski definition) is 13. The second-order valence-corrected chi connectivity index (χ2v) is 9.51. The first kappa shape index (κ1) is 33.2. The van der Waals surface area contributed by atoms with Crippen LogP contribution in [0.1, 0.15) is 5.56 Å². The highest BCUT2D eigenvalue weighted by Gasteiger charge is 2.36. The van der Waals surface area contributed by atoms with E-state index in [1.807, 2.05) is 9.80 Å². The summed E-state index contributed by atoms with van der Waals surface area (Å²) in [4.78, 5) is 44.4. The number of halogens is 3. The number of likely N-dealkylation sites (N-methyl/N-ethyl adjacent to an activating group) is 1. The Morgan fingerprint density at radius 3 is 1.89 bits per heavy atom.